The average Bonchev–Trinajstić information content (AvgIpc) is 2.80. The van der Waals surface area contributed by atoms with Crippen molar-refractivity contribution in [2.75, 3.05) is 6.54 Å². The van der Waals surface area contributed by atoms with Crippen molar-refractivity contribution in [3.05, 3.63) is 28.3 Å². The van der Waals surface area contributed by atoms with E-state index >= 15 is 0 Å². The van der Waals surface area contributed by atoms with Gasteiger partial charge in [0, 0.05) is 12.6 Å². The molecule has 1 aromatic carbocycles. The molecule has 110 valence electrons. The Hall–Kier alpha value is -1.47. The highest BCUT2D eigenvalue weighted by Crippen LogP contribution is 2.42. The van der Waals surface area contributed by atoms with E-state index in [-0.39, 0.29) is 23.6 Å². The zero-order valence-corrected chi connectivity index (χ0v) is 10.8. The Morgan fingerprint density at radius 3 is 2.55 bits per heavy atom. The summed E-state index contributed by atoms with van der Waals surface area (Å²) in [5.41, 5.74) is -1.16. The van der Waals surface area contributed by atoms with Crippen molar-refractivity contribution in [2.45, 2.75) is 18.6 Å². The van der Waals surface area contributed by atoms with Crippen LogP contribution in [0.5, 0.6) is 5.75 Å². The van der Waals surface area contributed by atoms with Gasteiger partial charge in [0.1, 0.15) is 5.75 Å². The highest BCUT2D eigenvalue weighted by molar-refractivity contribution is 6.32. The first kappa shape index (κ1) is 14.9. The summed E-state index contributed by atoms with van der Waals surface area (Å²) in [6.45, 7) is 0.0930. The van der Waals surface area contributed by atoms with Crippen molar-refractivity contribution >= 4 is 17.6 Å². The standard InChI is InChI=1S/C12H11ClF3NO3/c13-8-2-6(7(3-10(8)18)12(14,15)16)9-1-5(4-17-9)11(19)20/h2-3,5,9,17-18H,1,4H2,(H,19,20). The van der Waals surface area contributed by atoms with Crippen LogP contribution in [0.2, 0.25) is 5.02 Å². The smallest absolute Gasteiger partial charge is 0.416 e. The molecule has 0 aliphatic carbocycles. The van der Waals surface area contributed by atoms with Crippen molar-refractivity contribution < 1.29 is 28.2 Å². The topological polar surface area (TPSA) is 69.6 Å². The van der Waals surface area contributed by atoms with Crippen molar-refractivity contribution in [1.82, 2.24) is 5.32 Å². The molecule has 8 heteroatoms. The second kappa shape index (κ2) is 5.14. The maximum atomic E-state index is 13.0. The molecule has 0 spiro atoms. The van der Waals surface area contributed by atoms with Gasteiger partial charge in [-0.3, -0.25) is 4.79 Å². The van der Waals surface area contributed by atoms with E-state index < -0.39 is 35.4 Å². The number of aromatic hydroxyl groups is 1. The van der Waals surface area contributed by atoms with Crippen LogP contribution in [0.3, 0.4) is 0 Å². The molecule has 1 heterocycles. The number of hydrogen-bond acceptors (Lipinski definition) is 3. The number of phenols is 1. The van der Waals surface area contributed by atoms with Crippen LogP contribution >= 0.6 is 11.6 Å². The quantitative estimate of drug-likeness (QED) is 0.786. The number of carboxylic acid groups (broad SMARTS) is 1. The molecule has 0 radical (unpaired) electrons. The summed E-state index contributed by atoms with van der Waals surface area (Å²) < 4.78 is 38.9. The van der Waals surface area contributed by atoms with Crippen LogP contribution in [-0.2, 0) is 11.0 Å². The van der Waals surface area contributed by atoms with E-state index in [1.54, 1.807) is 0 Å². The van der Waals surface area contributed by atoms with Gasteiger partial charge >= 0.3 is 12.1 Å². The highest BCUT2D eigenvalue weighted by atomic mass is 35.5. The summed E-state index contributed by atoms with van der Waals surface area (Å²) in [6, 6.07) is 0.834. The normalized spacial score (nSPS) is 23.0. The minimum Gasteiger partial charge on any atom is -0.506 e. The lowest BCUT2D eigenvalue weighted by atomic mass is 9.95. The Bertz CT molecular complexity index is 547. The van der Waals surface area contributed by atoms with Crippen LogP contribution in [0.1, 0.15) is 23.6 Å². The van der Waals surface area contributed by atoms with Crippen molar-refractivity contribution in [1.29, 1.82) is 0 Å². The first-order valence-corrected chi connectivity index (χ1v) is 6.13. The summed E-state index contributed by atoms with van der Waals surface area (Å²) in [5.74, 6) is -2.46. The Kier molecular flexibility index (Phi) is 3.84. The van der Waals surface area contributed by atoms with E-state index in [9.17, 15) is 23.1 Å². The zero-order valence-electron chi connectivity index (χ0n) is 10.0. The Labute approximate surface area is 117 Å². The van der Waals surface area contributed by atoms with Gasteiger partial charge in [0.25, 0.3) is 0 Å². The summed E-state index contributed by atoms with van der Waals surface area (Å²) in [5, 5.41) is 20.7. The van der Waals surface area contributed by atoms with E-state index in [0.29, 0.717) is 6.07 Å². The van der Waals surface area contributed by atoms with Crippen LogP contribution in [0.25, 0.3) is 0 Å². The zero-order chi connectivity index (χ0) is 15.1. The van der Waals surface area contributed by atoms with Gasteiger partial charge in [0.2, 0.25) is 0 Å². The highest BCUT2D eigenvalue weighted by Gasteiger charge is 2.39. The van der Waals surface area contributed by atoms with Gasteiger partial charge in [-0.2, -0.15) is 13.2 Å². The first-order chi connectivity index (χ1) is 9.20. The van der Waals surface area contributed by atoms with Crippen molar-refractivity contribution in [2.24, 2.45) is 5.92 Å². The number of benzene rings is 1. The first-order valence-electron chi connectivity index (χ1n) is 5.76. The largest absolute Gasteiger partial charge is 0.506 e. The van der Waals surface area contributed by atoms with Gasteiger partial charge in [-0.1, -0.05) is 11.6 Å². The van der Waals surface area contributed by atoms with Gasteiger partial charge in [0.05, 0.1) is 16.5 Å². The number of alkyl halides is 3. The summed E-state index contributed by atoms with van der Waals surface area (Å²) in [4.78, 5) is 10.9. The third-order valence-corrected chi connectivity index (χ3v) is 3.58. The molecule has 0 aromatic heterocycles. The van der Waals surface area contributed by atoms with E-state index in [1.807, 2.05) is 0 Å². The Morgan fingerprint density at radius 1 is 1.40 bits per heavy atom. The van der Waals surface area contributed by atoms with Crippen LogP contribution in [0.4, 0.5) is 13.2 Å². The van der Waals surface area contributed by atoms with E-state index in [2.05, 4.69) is 5.32 Å². The monoisotopic (exact) mass is 309 g/mol. The van der Waals surface area contributed by atoms with Gasteiger partial charge in [-0.15, -0.1) is 0 Å². The molecular formula is C12H11ClF3NO3. The number of nitrogens with one attached hydrogen (secondary N) is 1. The van der Waals surface area contributed by atoms with Gasteiger partial charge in [0.15, 0.2) is 0 Å². The van der Waals surface area contributed by atoms with Crippen LogP contribution < -0.4 is 5.32 Å². The predicted molar refractivity (Wildman–Crippen MR) is 64.6 cm³/mol. The lowest BCUT2D eigenvalue weighted by Gasteiger charge is -2.19. The molecule has 1 aromatic rings. The molecule has 20 heavy (non-hydrogen) atoms. The fraction of sp³-hybridized carbons (Fsp3) is 0.417. The molecule has 0 amide bonds. The maximum Gasteiger partial charge on any atom is 0.416 e. The number of rotatable bonds is 2. The number of phenolic OH excluding ortho intramolecular Hbond substituents is 1. The molecule has 1 fully saturated rings. The molecular weight excluding hydrogens is 299 g/mol. The van der Waals surface area contributed by atoms with Crippen molar-refractivity contribution in [3.63, 3.8) is 0 Å². The van der Waals surface area contributed by atoms with E-state index in [0.717, 1.165) is 6.07 Å². The number of halogens is 4. The fourth-order valence-corrected chi connectivity index (χ4v) is 2.44. The molecule has 0 saturated carbocycles. The molecule has 0 bridgehead atoms. The van der Waals surface area contributed by atoms with Gasteiger partial charge < -0.3 is 15.5 Å². The summed E-state index contributed by atoms with van der Waals surface area (Å²) in [6.07, 6.45) is -4.61. The molecule has 2 atom stereocenters. The molecule has 2 rings (SSSR count). The molecule has 2 unspecified atom stereocenters. The predicted octanol–water partition coefficient (Wildman–Crippen LogP) is 2.80. The number of carbonyl (C=O) groups is 1. The molecule has 1 aliphatic rings. The van der Waals surface area contributed by atoms with Crippen LogP contribution in [0, 0.1) is 5.92 Å². The van der Waals surface area contributed by atoms with Crippen LogP contribution in [-0.4, -0.2) is 22.7 Å². The average molecular weight is 310 g/mol. The third kappa shape index (κ3) is 2.83. The third-order valence-electron chi connectivity index (χ3n) is 3.28. The molecule has 1 saturated heterocycles. The van der Waals surface area contributed by atoms with E-state index in [4.69, 9.17) is 16.7 Å². The summed E-state index contributed by atoms with van der Waals surface area (Å²) in [7, 11) is 0. The maximum absolute atomic E-state index is 13.0. The molecule has 1 aliphatic heterocycles. The lowest BCUT2D eigenvalue weighted by Crippen LogP contribution is -2.19. The Balaban J connectivity index is 2.41. The SMILES string of the molecule is O=C(O)C1CNC(c2cc(Cl)c(O)cc2C(F)(F)F)C1. The minimum absolute atomic E-state index is 0.0412. The number of aliphatic carboxylic acids is 1. The molecule has 4 nitrogen and oxygen atoms in total. The second-order valence-corrected chi connectivity index (χ2v) is 5.03. The van der Waals surface area contributed by atoms with E-state index in [1.165, 1.54) is 0 Å². The number of hydrogen-bond donors (Lipinski definition) is 3. The lowest BCUT2D eigenvalue weighted by molar-refractivity contribution is -0.141. The second-order valence-electron chi connectivity index (χ2n) is 4.62. The van der Waals surface area contributed by atoms with Gasteiger partial charge in [-0.25, -0.2) is 0 Å². The minimum atomic E-state index is -4.65. The summed E-state index contributed by atoms with van der Waals surface area (Å²) >= 11 is 5.65. The van der Waals surface area contributed by atoms with Crippen LogP contribution in [0.15, 0.2) is 12.1 Å². The fourth-order valence-electron chi connectivity index (χ4n) is 2.27. The van der Waals surface area contributed by atoms with Gasteiger partial charge in [-0.05, 0) is 24.1 Å². The number of carboxylic acids is 1. The Morgan fingerprint density at radius 2 is 2.05 bits per heavy atom. The molecule has 3 N–H and O–H groups in total. The van der Waals surface area contributed by atoms with Crippen molar-refractivity contribution in [3.8, 4) is 5.75 Å².